The molecule has 1 aliphatic rings. The van der Waals surface area contributed by atoms with Gasteiger partial charge in [0.1, 0.15) is 0 Å². The summed E-state index contributed by atoms with van der Waals surface area (Å²) in [6.07, 6.45) is 1.12. The number of nitrogens with zero attached hydrogens (tertiary/aromatic N) is 1. The second kappa shape index (κ2) is 5.03. The van der Waals surface area contributed by atoms with Crippen molar-refractivity contribution in [3.8, 4) is 0 Å². The van der Waals surface area contributed by atoms with E-state index in [2.05, 4.69) is 10.3 Å². The van der Waals surface area contributed by atoms with E-state index < -0.39 is 5.97 Å². The van der Waals surface area contributed by atoms with Gasteiger partial charge in [-0.25, -0.2) is 4.79 Å². The van der Waals surface area contributed by atoms with Crippen molar-refractivity contribution >= 4 is 28.6 Å². The summed E-state index contributed by atoms with van der Waals surface area (Å²) in [5.74, 6) is 0.176. The van der Waals surface area contributed by atoms with Crippen molar-refractivity contribution in [3.05, 3.63) is 29.8 Å². The number of aromatic carboxylic acids is 1. The van der Waals surface area contributed by atoms with Gasteiger partial charge in [0.2, 0.25) is 0 Å². The molecule has 1 heterocycles. The number of carbonyl (C=O) groups is 1. The smallest absolute Gasteiger partial charge is 0.335 e. The minimum absolute atomic E-state index is 0.295. The molecule has 0 amide bonds. The zero-order valence-electron chi connectivity index (χ0n) is 8.64. The van der Waals surface area contributed by atoms with Crippen LogP contribution in [0.25, 0.3) is 0 Å². The highest BCUT2D eigenvalue weighted by atomic mass is 32.2. The van der Waals surface area contributed by atoms with Crippen molar-refractivity contribution in [3.63, 3.8) is 0 Å². The number of anilines is 1. The van der Waals surface area contributed by atoms with Crippen LogP contribution in [0.3, 0.4) is 0 Å². The molecule has 0 spiro atoms. The van der Waals surface area contributed by atoms with E-state index in [0.717, 1.165) is 29.6 Å². The Morgan fingerprint density at radius 1 is 1.38 bits per heavy atom. The average Bonchev–Trinajstić information content (AvgIpc) is 2.31. The number of rotatable bonds is 2. The van der Waals surface area contributed by atoms with Crippen LogP contribution in [0.2, 0.25) is 0 Å². The maximum atomic E-state index is 10.7. The highest BCUT2D eigenvalue weighted by Crippen LogP contribution is 2.16. The van der Waals surface area contributed by atoms with E-state index in [1.807, 2.05) is 0 Å². The van der Waals surface area contributed by atoms with Crippen molar-refractivity contribution < 1.29 is 9.90 Å². The van der Waals surface area contributed by atoms with E-state index in [4.69, 9.17) is 5.11 Å². The lowest BCUT2D eigenvalue weighted by Crippen LogP contribution is -2.13. The van der Waals surface area contributed by atoms with E-state index >= 15 is 0 Å². The number of hydrogen-bond donors (Lipinski definition) is 2. The Balaban J connectivity index is 2.04. The molecule has 0 atom stereocenters. The van der Waals surface area contributed by atoms with Gasteiger partial charge in [0.05, 0.1) is 5.56 Å². The standard InChI is InChI=1S/C11H12N2O2S/c14-10(15)8-2-4-9(5-3-8)13-11-12-6-1-7-16-11/h2-5H,1,6-7H2,(H,12,13)(H,14,15). The molecule has 0 fully saturated rings. The lowest BCUT2D eigenvalue weighted by Gasteiger charge is -2.13. The molecule has 5 heteroatoms. The normalized spacial score (nSPS) is 15.4. The van der Waals surface area contributed by atoms with Crippen molar-refractivity contribution in [2.24, 2.45) is 4.99 Å². The Labute approximate surface area is 97.8 Å². The summed E-state index contributed by atoms with van der Waals surface area (Å²) in [6.45, 7) is 0.864. The molecule has 2 rings (SSSR count). The Morgan fingerprint density at radius 3 is 2.69 bits per heavy atom. The van der Waals surface area contributed by atoms with Crippen molar-refractivity contribution in [2.75, 3.05) is 17.6 Å². The molecule has 0 aliphatic carbocycles. The quantitative estimate of drug-likeness (QED) is 0.827. The number of carboxylic acid groups (broad SMARTS) is 1. The number of benzene rings is 1. The molecule has 2 N–H and O–H groups in total. The largest absolute Gasteiger partial charge is 0.478 e. The number of aliphatic imine (C=N–C) groups is 1. The van der Waals surface area contributed by atoms with Crippen LogP contribution in [-0.2, 0) is 0 Å². The van der Waals surface area contributed by atoms with Crippen LogP contribution < -0.4 is 5.32 Å². The molecule has 4 nitrogen and oxygen atoms in total. The molecule has 0 bridgehead atoms. The molecule has 0 aromatic heterocycles. The minimum atomic E-state index is -0.907. The number of hydrogen-bond acceptors (Lipinski definition) is 4. The first-order valence-electron chi connectivity index (χ1n) is 5.03. The van der Waals surface area contributed by atoms with Crippen LogP contribution >= 0.6 is 11.8 Å². The molecule has 0 saturated heterocycles. The van der Waals surface area contributed by atoms with Gasteiger partial charge in [-0.3, -0.25) is 4.99 Å². The molecular weight excluding hydrogens is 224 g/mol. The number of nitrogens with one attached hydrogen (secondary N) is 1. The second-order valence-electron chi connectivity index (χ2n) is 3.40. The molecule has 0 radical (unpaired) electrons. The zero-order valence-corrected chi connectivity index (χ0v) is 9.46. The predicted octanol–water partition coefficient (Wildman–Crippen LogP) is 2.29. The summed E-state index contributed by atoms with van der Waals surface area (Å²) in [5.41, 5.74) is 1.17. The monoisotopic (exact) mass is 236 g/mol. The van der Waals surface area contributed by atoms with E-state index in [9.17, 15) is 4.79 Å². The highest BCUT2D eigenvalue weighted by molar-refractivity contribution is 8.14. The molecule has 0 saturated carbocycles. The van der Waals surface area contributed by atoms with Gasteiger partial charge < -0.3 is 10.4 Å². The third-order valence-electron chi connectivity index (χ3n) is 2.18. The van der Waals surface area contributed by atoms with E-state index in [1.165, 1.54) is 0 Å². The Hall–Kier alpha value is -1.49. The lowest BCUT2D eigenvalue weighted by molar-refractivity contribution is 0.0697. The van der Waals surface area contributed by atoms with Gasteiger partial charge in [-0.15, -0.1) is 0 Å². The molecule has 0 unspecified atom stereocenters. The first-order valence-corrected chi connectivity index (χ1v) is 6.02. The number of thioether (sulfide) groups is 1. The van der Waals surface area contributed by atoms with E-state index in [-0.39, 0.29) is 0 Å². The fraction of sp³-hybridized carbons (Fsp3) is 0.273. The SMILES string of the molecule is O=C(O)c1ccc(NC2=NCCCS2)cc1. The Morgan fingerprint density at radius 2 is 2.12 bits per heavy atom. The lowest BCUT2D eigenvalue weighted by atomic mass is 10.2. The maximum absolute atomic E-state index is 10.7. The van der Waals surface area contributed by atoms with Crippen molar-refractivity contribution in [1.29, 1.82) is 0 Å². The number of amidine groups is 1. The van der Waals surface area contributed by atoms with Crippen LogP contribution in [0.1, 0.15) is 16.8 Å². The van der Waals surface area contributed by atoms with Crippen LogP contribution in [0.4, 0.5) is 5.69 Å². The van der Waals surface area contributed by atoms with Gasteiger partial charge in [-0.1, -0.05) is 11.8 Å². The van der Waals surface area contributed by atoms with Gasteiger partial charge in [-0.2, -0.15) is 0 Å². The summed E-state index contributed by atoms with van der Waals surface area (Å²) >= 11 is 1.69. The highest BCUT2D eigenvalue weighted by Gasteiger charge is 2.06. The fourth-order valence-electron chi connectivity index (χ4n) is 1.35. The van der Waals surface area contributed by atoms with Crippen LogP contribution in [0.5, 0.6) is 0 Å². The van der Waals surface area contributed by atoms with E-state index in [1.54, 1.807) is 36.0 Å². The second-order valence-corrected chi connectivity index (χ2v) is 4.48. The van der Waals surface area contributed by atoms with Crippen LogP contribution in [0.15, 0.2) is 29.3 Å². The molecule has 1 aliphatic heterocycles. The summed E-state index contributed by atoms with van der Waals surface area (Å²) in [6, 6.07) is 6.67. The Bertz CT molecular complexity index is 414. The van der Waals surface area contributed by atoms with Gasteiger partial charge in [0.15, 0.2) is 5.17 Å². The average molecular weight is 236 g/mol. The zero-order chi connectivity index (χ0) is 11.4. The predicted molar refractivity (Wildman–Crippen MR) is 66.4 cm³/mol. The Kier molecular flexibility index (Phi) is 3.46. The van der Waals surface area contributed by atoms with Crippen LogP contribution in [-0.4, -0.2) is 28.5 Å². The molecule has 1 aromatic carbocycles. The van der Waals surface area contributed by atoms with Crippen molar-refractivity contribution in [1.82, 2.24) is 0 Å². The third kappa shape index (κ3) is 2.76. The minimum Gasteiger partial charge on any atom is -0.478 e. The molecule has 1 aromatic rings. The van der Waals surface area contributed by atoms with Crippen LogP contribution in [0, 0.1) is 0 Å². The first kappa shape index (κ1) is 11.0. The topological polar surface area (TPSA) is 61.7 Å². The van der Waals surface area contributed by atoms with E-state index in [0.29, 0.717) is 5.56 Å². The van der Waals surface area contributed by atoms with Gasteiger partial charge in [0, 0.05) is 18.0 Å². The summed E-state index contributed by atoms with van der Waals surface area (Å²) in [4.78, 5) is 15.0. The van der Waals surface area contributed by atoms with Gasteiger partial charge >= 0.3 is 5.97 Å². The summed E-state index contributed by atoms with van der Waals surface area (Å²) in [5, 5.41) is 12.8. The fourth-order valence-corrected chi connectivity index (χ4v) is 2.19. The first-order chi connectivity index (χ1) is 7.75. The summed E-state index contributed by atoms with van der Waals surface area (Å²) in [7, 11) is 0. The number of carboxylic acids is 1. The maximum Gasteiger partial charge on any atom is 0.335 e. The third-order valence-corrected chi connectivity index (χ3v) is 3.18. The van der Waals surface area contributed by atoms with Gasteiger partial charge in [-0.05, 0) is 30.7 Å². The van der Waals surface area contributed by atoms with Crippen molar-refractivity contribution in [2.45, 2.75) is 6.42 Å². The molecule has 84 valence electrons. The summed E-state index contributed by atoms with van der Waals surface area (Å²) < 4.78 is 0. The van der Waals surface area contributed by atoms with Gasteiger partial charge in [0.25, 0.3) is 0 Å². The molecule has 16 heavy (non-hydrogen) atoms. The molecular formula is C11H12N2O2S.